The highest BCUT2D eigenvalue weighted by molar-refractivity contribution is 6.31. The molecular formula is C21H23ClN8O2. The number of piperidine rings is 1. The number of halogens is 1. The van der Waals surface area contributed by atoms with Crippen LogP contribution in [-0.2, 0) is 11.2 Å². The van der Waals surface area contributed by atoms with E-state index >= 15 is 0 Å². The lowest BCUT2D eigenvalue weighted by atomic mass is 9.88. The molecule has 2 atom stereocenters. The first-order valence-electron chi connectivity index (χ1n) is 10.4. The molecule has 10 nitrogen and oxygen atoms in total. The Morgan fingerprint density at radius 2 is 2.22 bits per heavy atom. The molecule has 4 heterocycles. The van der Waals surface area contributed by atoms with E-state index < -0.39 is 11.6 Å². The minimum Gasteiger partial charge on any atom is -0.388 e. The second kappa shape index (κ2) is 7.72. The quantitative estimate of drug-likeness (QED) is 0.429. The number of likely N-dealkylation sites (tertiary alicyclic amines) is 1. The standard InChI is InChI=1S/C21H23ClN8O2/c1-21(32)6-7-29(9-15(21)30-11-26-18-19(23)24-10-25-20(18)30)17(31)5-4-16-27-13-3-2-12(22)8-14(13)28-16/h2-3,8,10-11,15,32H,4-7,9H2,1H3,(H,27,28)(H2,23,24,25)/t15-,21-/m1/s1. The van der Waals surface area contributed by atoms with E-state index in [0.29, 0.717) is 48.5 Å². The van der Waals surface area contributed by atoms with Crippen LogP contribution in [0.1, 0.15) is 31.6 Å². The summed E-state index contributed by atoms with van der Waals surface area (Å²) in [6, 6.07) is 5.05. The van der Waals surface area contributed by atoms with Gasteiger partial charge >= 0.3 is 0 Å². The molecule has 0 spiro atoms. The number of hydrogen-bond donors (Lipinski definition) is 3. The van der Waals surface area contributed by atoms with Crippen molar-refractivity contribution in [1.29, 1.82) is 0 Å². The van der Waals surface area contributed by atoms with Crippen molar-refractivity contribution in [2.75, 3.05) is 18.8 Å². The summed E-state index contributed by atoms with van der Waals surface area (Å²) in [5.74, 6) is 1.02. The molecule has 11 heteroatoms. The molecule has 0 radical (unpaired) electrons. The molecule has 1 aliphatic heterocycles. The van der Waals surface area contributed by atoms with E-state index in [9.17, 15) is 9.90 Å². The number of H-pyrrole nitrogens is 1. The van der Waals surface area contributed by atoms with Crippen molar-refractivity contribution in [2.24, 2.45) is 0 Å². The van der Waals surface area contributed by atoms with Gasteiger partial charge in [0.25, 0.3) is 0 Å². The first-order valence-corrected chi connectivity index (χ1v) is 10.8. The Labute approximate surface area is 188 Å². The monoisotopic (exact) mass is 454 g/mol. The number of hydrogen-bond acceptors (Lipinski definition) is 7. The summed E-state index contributed by atoms with van der Waals surface area (Å²) in [4.78, 5) is 35.1. The van der Waals surface area contributed by atoms with Crippen LogP contribution < -0.4 is 5.73 Å². The first kappa shape index (κ1) is 20.7. The van der Waals surface area contributed by atoms with Gasteiger partial charge in [-0.15, -0.1) is 0 Å². The first-order chi connectivity index (χ1) is 15.3. The summed E-state index contributed by atoms with van der Waals surface area (Å²) in [6.45, 7) is 2.59. The van der Waals surface area contributed by atoms with Gasteiger partial charge in [0.2, 0.25) is 5.91 Å². The number of carbonyl (C=O) groups is 1. The molecule has 32 heavy (non-hydrogen) atoms. The van der Waals surface area contributed by atoms with E-state index in [0.717, 1.165) is 16.9 Å². The summed E-state index contributed by atoms with van der Waals surface area (Å²) in [5.41, 5.74) is 7.57. The third-order valence-electron chi connectivity index (χ3n) is 6.14. The van der Waals surface area contributed by atoms with Crippen LogP contribution in [0.5, 0.6) is 0 Å². The Kier molecular flexibility index (Phi) is 4.98. The van der Waals surface area contributed by atoms with E-state index in [1.807, 2.05) is 12.1 Å². The number of aliphatic hydroxyl groups is 1. The number of rotatable bonds is 4. The van der Waals surface area contributed by atoms with E-state index in [2.05, 4.69) is 24.9 Å². The molecule has 1 aliphatic rings. The molecule has 1 aromatic carbocycles. The van der Waals surface area contributed by atoms with Gasteiger partial charge in [-0.25, -0.2) is 19.9 Å². The van der Waals surface area contributed by atoms with Crippen LogP contribution in [0.3, 0.4) is 0 Å². The van der Waals surface area contributed by atoms with Crippen LogP contribution in [0, 0.1) is 0 Å². The maximum absolute atomic E-state index is 13.0. The van der Waals surface area contributed by atoms with Gasteiger partial charge in [-0.05, 0) is 31.5 Å². The van der Waals surface area contributed by atoms with Crippen molar-refractivity contribution in [3.8, 4) is 0 Å². The molecule has 1 fully saturated rings. The zero-order chi connectivity index (χ0) is 22.5. The Morgan fingerprint density at radius 1 is 1.38 bits per heavy atom. The van der Waals surface area contributed by atoms with Crippen LogP contribution in [-0.4, -0.2) is 64.1 Å². The maximum atomic E-state index is 13.0. The number of anilines is 1. The second-order valence-corrected chi connectivity index (χ2v) is 8.83. The Balaban J connectivity index is 1.32. The fraction of sp³-hybridized carbons (Fsp3) is 0.381. The molecule has 0 bridgehead atoms. The molecule has 0 aliphatic carbocycles. The summed E-state index contributed by atoms with van der Waals surface area (Å²) in [5, 5.41) is 11.7. The van der Waals surface area contributed by atoms with Crippen LogP contribution in [0.2, 0.25) is 5.02 Å². The summed E-state index contributed by atoms with van der Waals surface area (Å²) < 4.78 is 1.79. The van der Waals surface area contributed by atoms with Gasteiger partial charge < -0.3 is 25.3 Å². The molecule has 4 N–H and O–H groups in total. The van der Waals surface area contributed by atoms with E-state index in [4.69, 9.17) is 17.3 Å². The number of nitrogen functional groups attached to an aromatic ring is 1. The molecule has 0 saturated carbocycles. The van der Waals surface area contributed by atoms with Gasteiger partial charge in [-0.1, -0.05) is 11.6 Å². The minimum absolute atomic E-state index is 0.00236. The largest absolute Gasteiger partial charge is 0.388 e. The molecule has 1 saturated heterocycles. The number of amides is 1. The highest BCUT2D eigenvalue weighted by atomic mass is 35.5. The van der Waals surface area contributed by atoms with Crippen molar-refractivity contribution in [3.05, 3.63) is 41.7 Å². The van der Waals surface area contributed by atoms with E-state index in [1.165, 1.54) is 6.33 Å². The van der Waals surface area contributed by atoms with Crippen molar-refractivity contribution in [3.63, 3.8) is 0 Å². The molecule has 0 unspecified atom stereocenters. The number of fused-ring (bicyclic) bond motifs is 2. The molecular weight excluding hydrogens is 432 g/mol. The smallest absolute Gasteiger partial charge is 0.223 e. The number of imidazole rings is 2. The summed E-state index contributed by atoms with van der Waals surface area (Å²) in [6.07, 6.45) is 4.20. The van der Waals surface area contributed by atoms with Crippen molar-refractivity contribution in [2.45, 2.75) is 37.8 Å². The molecule has 166 valence electrons. The van der Waals surface area contributed by atoms with Gasteiger partial charge in [-0.3, -0.25) is 4.79 Å². The predicted octanol–water partition coefficient (Wildman–Crippen LogP) is 2.10. The van der Waals surface area contributed by atoms with E-state index in [-0.39, 0.29) is 11.7 Å². The molecule has 3 aromatic heterocycles. The normalized spacial score (nSPS) is 21.5. The Hall–Kier alpha value is -3.24. The third-order valence-corrected chi connectivity index (χ3v) is 6.38. The van der Waals surface area contributed by atoms with E-state index in [1.54, 1.807) is 28.8 Å². The number of benzene rings is 1. The number of aromatic nitrogens is 6. The number of aryl methyl sites for hydroxylation is 1. The predicted molar refractivity (Wildman–Crippen MR) is 120 cm³/mol. The van der Waals surface area contributed by atoms with Crippen molar-refractivity contribution < 1.29 is 9.90 Å². The average molecular weight is 455 g/mol. The fourth-order valence-electron chi connectivity index (χ4n) is 4.27. The highest BCUT2D eigenvalue weighted by Gasteiger charge is 2.41. The summed E-state index contributed by atoms with van der Waals surface area (Å²) >= 11 is 6.03. The van der Waals surface area contributed by atoms with Crippen LogP contribution in [0.15, 0.2) is 30.9 Å². The third kappa shape index (κ3) is 3.65. The van der Waals surface area contributed by atoms with Gasteiger partial charge in [0.05, 0.1) is 29.0 Å². The van der Waals surface area contributed by atoms with Gasteiger partial charge in [-0.2, -0.15) is 0 Å². The zero-order valence-corrected chi connectivity index (χ0v) is 18.2. The molecule has 5 rings (SSSR count). The zero-order valence-electron chi connectivity index (χ0n) is 17.5. The fourth-order valence-corrected chi connectivity index (χ4v) is 4.45. The SMILES string of the molecule is C[C@@]1(O)CCN(C(=O)CCc2nc3ccc(Cl)cc3[nH]2)C[C@H]1n1cnc2c(N)ncnc21. The van der Waals surface area contributed by atoms with Gasteiger partial charge in [0.1, 0.15) is 17.7 Å². The van der Waals surface area contributed by atoms with Crippen molar-refractivity contribution >= 4 is 45.5 Å². The van der Waals surface area contributed by atoms with Crippen LogP contribution in [0.25, 0.3) is 22.2 Å². The van der Waals surface area contributed by atoms with Crippen LogP contribution in [0.4, 0.5) is 5.82 Å². The number of nitrogens with two attached hydrogens (primary N) is 1. The maximum Gasteiger partial charge on any atom is 0.223 e. The van der Waals surface area contributed by atoms with Gasteiger partial charge in [0, 0.05) is 31.0 Å². The van der Waals surface area contributed by atoms with Crippen molar-refractivity contribution in [1.82, 2.24) is 34.4 Å². The molecule has 1 amide bonds. The minimum atomic E-state index is -1.03. The highest BCUT2D eigenvalue weighted by Crippen LogP contribution is 2.34. The Morgan fingerprint density at radius 3 is 3.06 bits per heavy atom. The lowest BCUT2D eigenvalue weighted by Crippen LogP contribution is -2.52. The number of nitrogens with one attached hydrogen (secondary N) is 1. The average Bonchev–Trinajstić information content (AvgIpc) is 3.36. The Bertz CT molecular complexity index is 1310. The lowest BCUT2D eigenvalue weighted by Gasteiger charge is -2.43. The second-order valence-electron chi connectivity index (χ2n) is 8.39. The lowest BCUT2D eigenvalue weighted by molar-refractivity contribution is -0.137. The number of carbonyl (C=O) groups excluding carboxylic acids is 1. The van der Waals surface area contributed by atoms with Gasteiger partial charge in [0.15, 0.2) is 11.5 Å². The molecule has 4 aromatic rings. The van der Waals surface area contributed by atoms with Crippen LogP contribution >= 0.6 is 11.6 Å². The topological polar surface area (TPSA) is 139 Å². The number of nitrogens with zero attached hydrogens (tertiary/aromatic N) is 6. The summed E-state index contributed by atoms with van der Waals surface area (Å²) in [7, 11) is 0. The number of aromatic amines is 1.